The number of Topliss-reactive ketones (excluding diaryl/α,β-unsaturated/α-hetero) is 1. The third kappa shape index (κ3) is 7.09. The zero-order valence-corrected chi connectivity index (χ0v) is 17.5. The summed E-state index contributed by atoms with van der Waals surface area (Å²) in [7, 11) is 0. The first kappa shape index (κ1) is 22.7. The van der Waals surface area contributed by atoms with Crippen LogP contribution in [0.2, 0.25) is 0 Å². The van der Waals surface area contributed by atoms with Crippen LogP contribution in [-0.4, -0.2) is 16.0 Å². The molecule has 0 radical (unpaired) electrons. The average molecular weight is 387 g/mol. The molecule has 1 aromatic carbocycles. The van der Waals surface area contributed by atoms with E-state index in [0.29, 0.717) is 24.5 Å². The van der Waals surface area contributed by atoms with Crippen molar-refractivity contribution in [3.63, 3.8) is 0 Å². The Labute approximate surface area is 170 Å². The van der Waals surface area contributed by atoms with Crippen LogP contribution in [0, 0.1) is 5.92 Å². The molecule has 1 saturated carbocycles. The van der Waals surface area contributed by atoms with E-state index in [0.717, 1.165) is 63.4 Å². The summed E-state index contributed by atoms with van der Waals surface area (Å²) in [6, 6.07) is 8.35. The molecule has 3 heteroatoms. The number of aliphatic hydroxyl groups is 2. The fourth-order valence-electron chi connectivity index (χ4n) is 4.44. The Kier molecular flexibility index (Phi) is 9.77. The molecule has 0 amide bonds. The van der Waals surface area contributed by atoms with Crippen molar-refractivity contribution in [1.82, 2.24) is 0 Å². The second-order valence-electron chi connectivity index (χ2n) is 8.42. The molecule has 0 saturated heterocycles. The lowest BCUT2D eigenvalue weighted by atomic mass is 9.84. The molecule has 2 N–H and O–H groups in total. The molecular formula is C25H38O3. The van der Waals surface area contributed by atoms with Crippen molar-refractivity contribution < 1.29 is 15.0 Å². The summed E-state index contributed by atoms with van der Waals surface area (Å²) in [5.74, 6) is 1.16. The minimum Gasteiger partial charge on any atom is -0.513 e. The van der Waals surface area contributed by atoms with Gasteiger partial charge in [-0.15, -0.1) is 0 Å². The Morgan fingerprint density at radius 3 is 2.50 bits per heavy atom. The third-order valence-electron chi connectivity index (χ3n) is 6.16. The highest BCUT2D eigenvalue weighted by atomic mass is 16.3. The number of carbonyl (C=O) groups is 1. The number of hydrogen-bond donors (Lipinski definition) is 2. The van der Waals surface area contributed by atoms with Crippen LogP contribution in [-0.2, 0) is 4.79 Å². The summed E-state index contributed by atoms with van der Waals surface area (Å²) in [5, 5.41) is 19.5. The van der Waals surface area contributed by atoms with Crippen LogP contribution < -0.4 is 0 Å². The number of unbranched alkanes of at least 4 members (excludes halogenated alkanes) is 5. The summed E-state index contributed by atoms with van der Waals surface area (Å²) in [6.45, 7) is 5.69. The molecule has 2 rings (SSSR count). The fourth-order valence-corrected chi connectivity index (χ4v) is 4.44. The van der Waals surface area contributed by atoms with E-state index in [1.165, 1.54) is 12.0 Å². The van der Waals surface area contributed by atoms with Gasteiger partial charge in [-0.1, -0.05) is 76.3 Å². The molecule has 0 heterocycles. The van der Waals surface area contributed by atoms with Crippen LogP contribution in [0.15, 0.2) is 36.6 Å². The molecule has 0 bridgehead atoms. The Morgan fingerprint density at radius 1 is 1.11 bits per heavy atom. The van der Waals surface area contributed by atoms with Crippen LogP contribution in [0.3, 0.4) is 0 Å². The van der Waals surface area contributed by atoms with Gasteiger partial charge in [-0.2, -0.15) is 0 Å². The lowest BCUT2D eigenvalue weighted by Crippen LogP contribution is -2.13. The first-order valence-electron chi connectivity index (χ1n) is 11.2. The molecule has 0 aliphatic heterocycles. The molecule has 3 atom stereocenters. The lowest BCUT2D eigenvalue weighted by Gasteiger charge is -2.20. The highest BCUT2D eigenvalue weighted by Crippen LogP contribution is 2.40. The summed E-state index contributed by atoms with van der Waals surface area (Å²) >= 11 is 0. The zero-order valence-electron chi connectivity index (χ0n) is 17.5. The van der Waals surface area contributed by atoms with E-state index in [4.69, 9.17) is 5.11 Å². The molecule has 28 heavy (non-hydrogen) atoms. The molecule has 1 aliphatic rings. The molecule has 1 aliphatic carbocycles. The van der Waals surface area contributed by atoms with Crippen molar-refractivity contribution in [2.75, 3.05) is 0 Å². The van der Waals surface area contributed by atoms with Gasteiger partial charge >= 0.3 is 0 Å². The molecule has 0 spiro atoms. The number of benzene rings is 1. The summed E-state index contributed by atoms with van der Waals surface area (Å²) in [4.78, 5) is 12.4. The quantitative estimate of drug-likeness (QED) is 0.290. The first-order valence-corrected chi connectivity index (χ1v) is 11.2. The lowest BCUT2D eigenvalue weighted by molar-refractivity contribution is -0.121. The average Bonchev–Trinajstić information content (AvgIpc) is 3.05. The number of aliphatic hydroxyl groups excluding tert-OH is 2. The SMILES string of the molecule is C=C(O)CCCCCC[C@H]1C(=O)CC[C@@H]1c1ccc(C(O)CCCCC)cc1. The second kappa shape index (κ2) is 12.1. The van der Waals surface area contributed by atoms with Gasteiger partial charge in [0.1, 0.15) is 5.78 Å². The maximum absolute atomic E-state index is 12.4. The van der Waals surface area contributed by atoms with Gasteiger partial charge in [-0.25, -0.2) is 0 Å². The van der Waals surface area contributed by atoms with Crippen LogP contribution >= 0.6 is 0 Å². The molecule has 1 aromatic rings. The van der Waals surface area contributed by atoms with Crippen molar-refractivity contribution in [1.29, 1.82) is 0 Å². The second-order valence-corrected chi connectivity index (χ2v) is 8.42. The standard InChI is InChI=1S/C25H38O3/c1-3-4-7-12-24(27)21-15-13-20(14-16-21)22-17-18-25(28)23(22)11-9-6-5-8-10-19(2)26/h13-16,22-24,26-27H,2-12,17-18H2,1H3/t22-,23-,24?/m1/s1. The highest BCUT2D eigenvalue weighted by molar-refractivity contribution is 5.84. The van der Waals surface area contributed by atoms with Gasteiger partial charge in [-0.3, -0.25) is 4.79 Å². The van der Waals surface area contributed by atoms with Gasteiger partial charge in [0.15, 0.2) is 0 Å². The van der Waals surface area contributed by atoms with Gasteiger partial charge in [0, 0.05) is 18.8 Å². The summed E-state index contributed by atoms with van der Waals surface area (Å²) in [5.41, 5.74) is 2.24. The van der Waals surface area contributed by atoms with Crippen molar-refractivity contribution in [2.45, 2.75) is 96.0 Å². The van der Waals surface area contributed by atoms with Crippen molar-refractivity contribution in [2.24, 2.45) is 5.92 Å². The van der Waals surface area contributed by atoms with Gasteiger partial charge in [0.05, 0.1) is 11.9 Å². The van der Waals surface area contributed by atoms with Gasteiger partial charge in [0.2, 0.25) is 0 Å². The summed E-state index contributed by atoms with van der Waals surface area (Å²) in [6.07, 6.45) is 11.3. The minimum atomic E-state index is -0.378. The van der Waals surface area contributed by atoms with E-state index in [9.17, 15) is 9.90 Å². The topological polar surface area (TPSA) is 57.5 Å². The fraction of sp³-hybridized carbons (Fsp3) is 0.640. The Hall–Kier alpha value is -1.61. The van der Waals surface area contributed by atoms with Crippen LogP contribution in [0.25, 0.3) is 0 Å². The molecule has 156 valence electrons. The smallest absolute Gasteiger partial charge is 0.136 e. The van der Waals surface area contributed by atoms with Crippen molar-refractivity contribution >= 4 is 5.78 Å². The Bertz CT molecular complexity index is 605. The van der Waals surface area contributed by atoms with Gasteiger partial charge in [-0.05, 0) is 42.7 Å². The maximum Gasteiger partial charge on any atom is 0.136 e. The van der Waals surface area contributed by atoms with Gasteiger partial charge in [0.25, 0.3) is 0 Å². The summed E-state index contributed by atoms with van der Waals surface area (Å²) < 4.78 is 0. The van der Waals surface area contributed by atoms with Crippen LogP contribution in [0.4, 0.5) is 0 Å². The number of allylic oxidation sites excluding steroid dienone is 1. The normalized spacial score (nSPS) is 20.4. The molecule has 1 unspecified atom stereocenters. The van der Waals surface area contributed by atoms with E-state index in [1.54, 1.807) is 0 Å². The van der Waals surface area contributed by atoms with Crippen LogP contribution in [0.1, 0.15) is 107 Å². The molecule has 0 aromatic heterocycles. The van der Waals surface area contributed by atoms with E-state index in [1.807, 2.05) is 12.1 Å². The predicted octanol–water partition coefficient (Wildman–Crippen LogP) is 6.78. The third-order valence-corrected chi connectivity index (χ3v) is 6.16. The molecule has 1 fully saturated rings. The van der Waals surface area contributed by atoms with Gasteiger partial charge < -0.3 is 10.2 Å². The van der Waals surface area contributed by atoms with E-state index < -0.39 is 0 Å². The number of rotatable bonds is 13. The number of carbonyl (C=O) groups excluding carboxylic acids is 1. The van der Waals surface area contributed by atoms with E-state index >= 15 is 0 Å². The van der Waals surface area contributed by atoms with Crippen LogP contribution in [0.5, 0.6) is 0 Å². The highest BCUT2D eigenvalue weighted by Gasteiger charge is 2.34. The monoisotopic (exact) mass is 386 g/mol. The van der Waals surface area contributed by atoms with E-state index in [-0.39, 0.29) is 17.8 Å². The largest absolute Gasteiger partial charge is 0.513 e. The molecule has 3 nitrogen and oxygen atoms in total. The Morgan fingerprint density at radius 2 is 1.82 bits per heavy atom. The zero-order chi connectivity index (χ0) is 20.4. The number of hydrogen-bond acceptors (Lipinski definition) is 3. The minimum absolute atomic E-state index is 0.146. The van der Waals surface area contributed by atoms with Crippen molar-refractivity contribution in [3.05, 3.63) is 47.7 Å². The molecular weight excluding hydrogens is 348 g/mol. The van der Waals surface area contributed by atoms with Crippen molar-refractivity contribution in [3.8, 4) is 0 Å². The Balaban J connectivity index is 1.84. The number of ketones is 1. The first-order chi connectivity index (χ1) is 13.5. The predicted molar refractivity (Wildman–Crippen MR) is 115 cm³/mol. The maximum atomic E-state index is 12.4. The van der Waals surface area contributed by atoms with E-state index in [2.05, 4.69) is 25.6 Å².